The molecule has 1 amide bonds. The number of aldehydes is 1. The third-order valence-corrected chi connectivity index (χ3v) is 5.88. The zero-order valence-corrected chi connectivity index (χ0v) is 19.1. The highest BCUT2D eigenvalue weighted by atomic mass is 16.5. The summed E-state index contributed by atoms with van der Waals surface area (Å²) >= 11 is 0. The first kappa shape index (κ1) is 23.0. The summed E-state index contributed by atoms with van der Waals surface area (Å²) in [5.41, 5.74) is 4.28. The van der Waals surface area contributed by atoms with Crippen LogP contribution in [0.3, 0.4) is 0 Å². The fourth-order valence-corrected chi connectivity index (χ4v) is 3.86. The van der Waals surface area contributed by atoms with Crippen LogP contribution in [0.25, 0.3) is 0 Å². The van der Waals surface area contributed by atoms with E-state index in [1.54, 1.807) is 24.3 Å². The molecule has 4 aromatic rings. The molecule has 4 heteroatoms. The van der Waals surface area contributed by atoms with Gasteiger partial charge >= 0.3 is 0 Å². The molecule has 0 aliphatic carbocycles. The Labute approximate surface area is 200 Å². The van der Waals surface area contributed by atoms with Crippen LogP contribution in [-0.4, -0.2) is 17.1 Å². The average molecular weight is 450 g/mol. The van der Waals surface area contributed by atoms with E-state index in [1.165, 1.54) is 5.56 Å². The minimum atomic E-state index is -0.145. The minimum Gasteiger partial charge on any atom is -0.488 e. The third kappa shape index (κ3) is 5.41. The molecule has 1 heterocycles. The Morgan fingerprint density at radius 1 is 0.853 bits per heavy atom. The maximum absolute atomic E-state index is 13.3. The van der Waals surface area contributed by atoms with Crippen LogP contribution >= 0.6 is 0 Å². The second-order valence-corrected chi connectivity index (χ2v) is 8.11. The molecular formula is C30H27NO3. The minimum absolute atomic E-state index is 0.122. The van der Waals surface area contributed by atoms with Gasteiger partial charge in [-0.25, -0.2) is 0 Å². The fraction of sp³-hybridized carbons (Fsp3) is 0.133. The van der Waals surface area contributed by atoms with Crippen molar-refractivity contribution in [3.05, 3.63) is 137 Å². The molecular weight excluding hydrogens is 422 g/mol. The number of rotatable bonds is 6. The lowest BCUT2D eigenvalue weighted by atomic mass is 10.0. The van der Waals surface area contributed by atoms with Crippen LogP contribution in [0.5, 0.6) is 5.75 Å². The van der Waals surface area contributed by atoms with Crippen molar-refractivity contribution < 1.29 is 14.3 Å². The van der Waals surface area contributed by atoms with E-state index in [1.807, 2.05) is 90.7 Å². The van der Waals surface area contributed by atoms with Crippen LogP contribution in [0, 0.1) is 0 Å². The Morgan fingerprint density at radius 3 is 2.06 bits per heavy atom. The smallest absolute Gasteiger partial charge is 0.255 e. The lowest BCUT2D eigenvalue weighted by molar-refractivity contribution is 0.0671. The van der Waals surface area contributed by atoms with Crippen LogP contribution in [-0.2, 0) is 13.2 Å². The van der Waals surface area contributed by atoms with E-state index >= 15 is 0 Å². The van der Waals surface area contributed by atoms with Crippen LogP contribution in [0.15, 0.2) is 109 Å². The maximum atomic E-state index is 13.3. The second-order valence-electron chi connectivity index (χ2n) is 8.11. The van der Waals surface area contributed by atoms with E-state index in [0.717, 1.165) is 29.8 Å². The lowest BCUT2D eigenvalue weighted by Gasteiger charge is -2.30. The van der Waals surface area contributed by atoms with E-state index in [2.05, 4.69) is 6.07 Å². The van der Waals surface area contributed by atoms with Crippen LogP contribution < -0.4 is 4.74 Å². The first-order valence-electron chi connectivity index (χ1n) is 11.3. The maximum Gasteiger partial charge on any atom is 0.255 e. The average Bonchev–Trinajstić information content (AvgIpc) is 2.89. The number of carbonyl (C=O) groups excluding carboxylic acids is 2. The predicted octanol–water partition coefficient (Wildman–Crippen LogP) is 6.48. The summed E-state index contributed by atoms with van der Waals surface area (Å²) < 4.78 is 5.08. The van der Waals surface area contributed by atoms with Gasteiger partial charge in [0.1, 0.15) is 12.4 Å². The Kier molecular flexibility index (Phi) is 7.51. The summed E-state index contributed by atoms with van der Waals surface area (Å²) in [7, 11) is 0. The van der Waals surface area contributed by atoms with Crippen molar-refractivity contribution in [3.63, 3.8) is 0 Å². The molecule has 1 unspecified atom stereocenters. The van der Waals surface area contributed by atoms with E-state index in [-0.39, 0.29) is 11.9 Å². The molecule has 170 valence electrons. The Morgan fingerprint density at radius 2 is 1.47 bits per heavy atom. The number of amides is 1. The molecule has 1 atom stereocenters. The summed E-state index contributed by atoms with van der Waals surface area (Å²) in [4.78, 5) is 26.5. The van der Waals surface area contributed by atoms with Crippen LogP contribution in [0.4, 0.5) is 0 Å². The van der Waals surface area contributed by atoms with Gasteiger partial charge in [-0.15, -0.1) is 0 Å². The van der Waals surface area contributed by atoms with Gasteiger partial charge in [0.15, 0.2) is 6.29 Å². The van der Waals surface area contributed by atoms with Crippen molar-refractivity contribution in [2.75, 3.05) is 0 Å². The zero-order chi connectivity index (χ0) is 23.8. The van der Waals surface area contributed by atoms with Gasteiger partial charge in [0, 0.05) is 17.7 Å². The number of nitrogens with zero attached hydrogens (tertiary/aromatic N) is 1. The van der Waals surface area contributed by atoms with E-state index < -0.39 is 0 Å². The summed E-state index contributed by atoms with van der Waals surface area (Å²) in [6.45, 7) is 3.29. The van der Waals surface area contributed by atoms with Gasteiger partial charge in [0.05, 0.1) is 11.6 Å². The van der Waals surface area contributed by atoms with Gasteiger partial charge in [0.25, 0.3) is 5.91 Å². The zero-order valence-electron chi connectivity index (χ0n) is 19.1. The molecule has 0 saturated heterocycles. The lowest BCUT2D eigenvalue weighted by Crippen LogP contribution is -2.33. The SMILES string of the molecule is CC(c1ccccc1)N(Cc1ccccc1)C(=O)c1ccccc1C=O.c1ccc2c(c1)CO2. The normalized spacial score (nSPS) is 12.0. The highest BCUT2D eigenvalue weighted by Gasteiger charge is 2.24. The van der Waals surface area contributed by atoms with Crippen molar-refractivity contribution in [1.29, 1.82) is 0 Å². The van der Waals surface area contributed by atoms with Gasteiger partial charge in [-0.2, -0.15) is 0 Å². The quantitative estimate of drug-likeness (QED) is 0.317. The van der Waals surface area contributed by atoms with Gasteiger partial charge < -0.3 is 9.64 Å². The molecule has 5 rings (SSSR count). The highest BCUT2D eigenvalue weighted by Crippen LogP contribution is 2.27. The standard InChI is InChI=1S/C23H21NO2.C7H6O/c1-18(20-12-6-3-7-13-20)24(16-19-10-4-2-5-11-19)23(26)22-15-9-8-14-21(22)17-25;1-2-4-7-6(3-1)5-8-7/h2-15,17-18H,16H2,1H3;1-4H,5H2. The first-order chi connectivity index (χ1) is 16.7. The fourth-order valence-electron chi connectivity index (χ4n) is 3.86. The third-order valence-electron chi connectivity index (χ3n) is 5.88. The molecule has 0 fully saturated rings. The topological polar surface area (TPSA) is 46.6 Å². The summed E-state index contributed by atoms with van der Waals surface area (Å²) in [6, 6.07) is 34.7. The van der Waals surface area contributed by atoms with Crippen LogP contribution in [0.1, 0.15) is 50.4 Å². The molecule has 0 spiro atoms. The van der Waals surface area contributed by atoms with E-state index in [9.17, 15) is 9.59 Å². The number of ether oxygens (including phenoxy) is 1. The van der Waals surface area contributed by atoms with Gasteiger partial charge in [-0.3, -0.25) is 9.59 Å². The molecule has 4 aromatic carbocycles. The Balaban J connectivity index is 0.000000285. The molecule has 0 N–H and O–H groups in total. The van der Waals surface area contributed by atoms with Crippen molar-refractivity contribution in [3.8, 4) is 5.75 Å². The van der Waals surface area contributed by atoms with E-state index in [4.69, 9.17) is 4.74 Å². The molecule has 34 heavy (non-hydrogen) atoms. The number of hydrogen-bond donors (Lipinski definition) is 0. The van der Waals surface area contributed by atoms with Crippen molar-refractivity contribution in [1.82, 2.24) is 4.90 Å². The number of para-hydroxylation sites is 1. The molecule has 1 aliphatic rings. The van der Waals surface area contributed by atoms with Crippen molar-refractivity contribution in [2.45, 2.75) is 26.1 Å². The Hall–Kier alpha value is -4.18. The van der Waals surface area contributed by atoms with Gasteiger partial charge in [-0.05, 0) is 30.2 Å². The molecule has 0 bridgehead atoms. The predicted molar refractivity (Wildman–Crippen MR) is 134 cm³/mol. The molecule has 4 nitrogen and oxygen atoms in total. The molecule has 0 saturated carbocycles. The summed E-state index contributed by atoms with van der Waals surface area (Å²) in [5, 5.41) is 0. The number of hydrogen-bond acceptors (Lipinski definition) is 3. The van der Waals surface area contributed by atoms with Crippen molar-refractivity contribution in [2.24, 2.45) is 0 Å². The number of carbonyl (C=O) groups is 2. The van der Waals surface area contributed by atoms with Crippen molar-refractivity contribution >= 4 is 12.2 Å². The Bertz CT molecular complexity index is 1220. The summed E-state index contributed by atoms with van der Waals surface area (Å²) in [6.07, 6.45) is 0.737. The number of benzene rings is 4. The van der Waals surface area contributed by atoms with E-state index in [0.29, 0.717) is 17.7 Å². The summed E-state index contributed by atoms with van der Waals surface area (Å²) in [5.74, 6) is 0.903. The molecule has 0 aromatic heterocycles. The molecule has 0 radical (unpaired) electrons. The van der Waals surface area contributed by atoms with Crippen LogP contribution in [0.2, 0.25) is 0 Å². The first-order valence-corrected chi connectivity index (χ1v) is 11.3. The second kappa shape index (κ2) is 11.1. The monoisotopic (exact) mass is 449 g/mol. The number of fused-ring (bicyclic) bond motifs is 1. The molecule has 1 aliphatic heterocycles. The van der Waals surface area contributed by atoms with Gasteiger partial charge in [-0.1, -0.05) is 97.1 Å². The highest BCUT2D eigenvalue weighted by molar-refractivity contribution is 6.01. The largest absolute Gasteiger partial charge is 0.488 e. The van der Waals surface area contributed by atoms with Gasteiger partial charge in [0.2, 0.25) is 0 Å².